The standard InChI is InChI=1S/C8H18O5.2C4H6O2.C3H3N/c9-1-3-11-5-7-13-8-6-12-4-2-10;2*1-3(2)4(5)6;1-2-3-4/h9-10H,1-8H2;2*1H2,2H3,(H,5,6);2H,1H2. The maximum absolute atomic E-state index is 9.60. The molecule has 0 radical (unpaired) electrons. The molecule has 0 aliphatic carbocycles. The second-order valence-electron chi connectivity index (χ2n) is 4.79. The molecule has 0 atom stereocenters. The predicted octanol–water partition coefficient (Wildman–Crippen LogP) is 1.01. The second kappa shape index (κ2) is 30.2. The summed E-state index contributed by atoms with van der Waals surface area (Å²) in [4.78, 5) is 19.2. The Hall–Kier alpha value is -2.55. The van der Waals surface area contributed by atoms with Crippen LogP contribution in [0.1, 0.15) is 13.8 Å². The van der Waals surface area contributed by atoms with Crippen LogP contribution in [0, 0.1) is 11.3 Å². The number of aliphatic carboxylic acids is 2. The molecule has 0 rings (SSSR count). The van der Waals surface area contributed by atoms with E-state index in [1.165, 1.54) is 19.9 Å². The predicted molar refractivity (Wildman–Crippen MR) is 107 cm³/mol. The zero-order valence-corrected chi connectivity index (χ0v) is 17.1. The first kappa shape index (κ1) is 34.0. The Morgan fingerprint density at radius 2 is 1.03 bits per heavy atom. The van der Waals surface area contributed by atoms with E-state index in [2.05, 4.69) is 19.7 Å². The molecule has 0 aliphatic rings. The zero-order valence-electron chi connectivity index (χ0n) is 17.1. The van der Waals surface area contributed by atoms with Gasteiger partial charge in [0.1, 0.15) is 0 Å². The summed E-state index contributed by atoms with van der Waals surface area (Å²) in [7, 11) is 0. The van der Waals surface area contributed by atoms with Crippen LogP contribution in [0.3, 0.4) is 0 Å². The van der Waals surface area contributed by atoms with Gasteiger partial charge in [-0.25, -0.2) is 9.59 Å². The largest absolute Gasteiger partial charge is 0.478 e. The lowest BCUT2D eigenvalue weighted by atomic mass is 10.4. The maximum Gasteiger partial charge on any atom is 0.330 e. The molecule has 10 nitrogen and oxygen atoms in total. The van der Waals surface area contributed by atoms with Gasteiger partial charge in [0, 0.05) is 17.2 Å². The molecule has 29 heavy (non-hydrogen) atoms. The first-order chi connectivity index (χ1) is 13.6. The normalized spacial score (nSPS) is 8.38. The number of nitriles is 1. The van der Waals surface area contributed by atoms with E-state index in [1.54, 1.807) is 6.07 Å². The van der Waals surface area contributed by atoms with Crippen molar-refractivity contribution in [3.63, 3.8) is 0 Å². The maximum atomic E-state index is 9.60. The van der Waals surface area contributed by atoms with Crippen molar-refractivity contribution in [2.75, 3.05) is 52.9 Å². The molecule has 0 amide bonds. The average Bonchev–Trinajstić information content (AvgIpc) is 2.67. The van der Waals surface area contributed by atoms with Gasteiger partial charge in [0.05, 0.1) is 58.9 Å². The molecule has 0 aromatic carbocycles. The van der Waals surface area contributed by atoms with Crippen LogP contribution in [0.2, 0.25) is 0 Å². The Balaban J connectivity index is -0.000000163. The Bertz CT molecular complexity index is 427. The van der Waals surface area contributed by atoms with Crippen LogP contribution in [0.25, 0.3) is 0 Å². The fourth-order valence-corrected chi connectivity index (χ4v) is 0.671. The van der Waals surface area contributed by atoms with Gasteiger partial charge in [-0.05, 0) is 13.8 Å². The SMILES string of the molecule is C=C(C)C(=O)O.C=C(C)C(=O)O.C=CC#N.OCCOCCOCCOCCO. The number of carboxylic acids is 2. The third-order valence-corrected chi connectivity index (χ3v) is 2.04. The van der Waals surface area contributed by atoms with E-state index in [4.69, 9.17) is 39.9 Å². The van der Waals surface area contributed by atoms with E-state index in [0.29, 0.717) is 39.6 Å². The zero-order chi connectivity index (χ0) is 23.5. The quantitative estimate of drug-likeness (QED) is 0.204. The van der Waals surface area contributed by atoms with E-state index in [-0.39, 0.29) is 24.4 Å². The van der Waals surface area contributed by atoms with Crippen LogP contribution in [-0.4, -0.2) is 85.2 Å². The molecular weight excluding hydrogens is 386 g/mol. The lowest BCUT2D eigenvalue weighted by molar-refractivity contribution is -0.133. The Morgan fingerprint density at radius 1 is 0.828 bits per heavy atom. The Labute approximate surface area is 171 Å². The van der Waals surface area contributed by atoms with Gasteiger partial charge in [-0.15, -0.1) is 0 Å². The average molecular weight is 419 g/mol. The van der Waals surface area contributed by atoms with Crippen LogP contribution >= 0.6 is 0 Å². The van der Waals surface area contributed by atoms with Crippen molar-refractivity contribution in [1.82, 2.24) is 0 Å². The van der Waals surface area contributed by atoms with Crippen molar-refractivity contribution in [2.45, 2.75) is 13.8 Å². The summed E-state index contributed by atoms with van der Waals surface area (Å²) in [5, 5.41) is 40.0. The second-order valence-corrected chi connectivity index (χ2v) is 4.79. The van der Waals surface area contributed by atoms with E-state index in [9.17, 15) is 9.59 Å². The molecule has 0 unspecified atom stereocenters. The summed E-state index contributed by atoms with van der Waals surface area (Å²) >= 11 is 0. The highest BCUT2D eigenvalue weighted by atomic mass is 16.5. The third-order valence-electron chi connectivity index (χ3n) is 2.04. The highest BCUT2D eigenvalue weighted by Crippen LogP contribution is 1.82. The minimum absolute atomic E-state index is 0.0413. The molecule has 0 heterocycles. The van der Waals surface area contributed by atoms with E-state index in [1.807, 2.05) is 0 Å². The number of aliphatic hydroxyl groups excluding tert-OH is 2. The van der Waals surface area contributed by atoms with Crippen LogP contribution < -0.4 is 0 Å². The van der Waals surface area contributed by atoms with Gasteiger partial charge in [-0.2, -0.15) is 5.26 Å². The molecule has 0 saturated heterocycles. The number of rotatable bonds is 12. The molecule has 0 aromatic heterocycles. The number of aliphatic hydroxyl groups is 2. The number of carbonyl (C=O) groups is 2. The van der Waals surface area contributed by atoms with Gasteiger partial charge >= 0.3 is 11.9 Å². The lowest BCUT2D eigenvalue weighted by Gasteiger charge is -2.04. The van der Waals surface area contributed by atoms with Crippen molar-refractivity contribution in [3.05, 3.63) is 37.0 Å². The Kier molecular flexibility index (Phi) is 35.4. The molecular formula is C19H33NO9. The minimum Gasteiger partial charge on any atom is -0.478 e. The highest BCUT2D eigenvalue weighted by Gasteiger charge is 1.91. The van der Waals surface area contributed by atoms with Crippen LogP contribution in [0.5, 0.6) is 0 Å². The minimum atomic E-state index is -0.935. The van der Waals surface area contributed by atoms with Gasteiger partial charge in [0.25, 0.3) is 0 Å². The van der Waals surface area contributed by atoms with Gasteiger partial charge in [-0.1, -0.05) is 19.7 Å². The molecule has 10 heteroatoms. The van der Waals surface area contributed by atoms with Crippen molar-refractivity contribution in [1.29, 1.82) is 5.26 Å². The number of hydrogen-bond donors (Lipinski definition) is 4. The first-order valence-electron chi connectivity index (χ1n) is 8.35. The molecule has 0 fully saturated rings. The molecule has 0 aromatic rings. The number of hydrogen-bond acceptors (Lipinski definition) is 8. The molecule has 0 aliphatic heterocycles. The summed E-state index contributed by atoms with van der Waals surface area (Å²) in [6.07, 6.45) is 1.18. The van der Waals surface area contributed by atoms with E-state index < -0.39 is 11.9 Å². The summed E-state index contributed by atoms with van der Waals surface area (Å²) in [5.74, 6) is -1.87. The van der Waals surface area contributed by atoms with Crippen molar-refractivity contribution < 1.29 is 44.2 Å². The van der Waals surface area contributed by atoms with Crippen LogP contribution in [0.15, 0.2) is 37.0 Å². The van der Waals surface area contributed by atoms with Crippen LogP contribution in [0.4, 0.5) is 0 Å². The van der Waals surface area contributed by atoms with Crippen molar-refractivity contribution in [2.24, 2.45) is 0 Å². The summed E-state index contributed by atoms with van der Waals surface area (Å²) in [6, 6.07) is 1.69. The van der Waals surface area contributed by atoms with E-state index >= 15 is 0 Å². The molecule has 0 saturated carbocycles. The third kappa shape index (κ3) is 51.7. The Morgan fingerprint density at radius 3 is 1.17 bits per heavy atom. The van der Waals surface area contributed by atoms with Crippen LogP contribution in [-0.2, 0) is 23.8 Å². The summed E-state index contributed by atoms with van der Waals surface area (Å²) < 4.78 is 15.0. The fraction of sp³-hybridized carbons (Fsp3) is 0.526. The van der Waals surface area contributed by atoms with Gasteiger partial charge < -0.3 is 34.6 Å². The summed E-state index contributed by atoms with van der Waals surface area (Å²) in [6.45, 7) is 15.1. The molecule has 4 N–H and O–H groups in total. The smallest absolute Gasteiger partial charge is 0.330 e. The number of carboxylic acid groups (broad SMARTS) is 2. The first-order valence-corrected chi connectivity index (χ1v) is 8.35. The molecule has 0 bridgehead atoms. The van der Waals surface area contributed by atoms with E-state index in [0.717, 1.165) is 0 Å². The monoisotopic (exact) mass is 419 g/mol. The van der Waals surface area contributed by atoms with Gasteiger partial charge in [-0.3, -0.25) is 0 Å². The number of allylic oxidation sites excluding steroid dienone is 1. The summed E-state index contributed by atoms with van der Waals surface area (Å²) in [5.41, 5.74) is 0.352. The fourth-order valence-electron chi connectivity index (χ4n) is 0.671. The number of ether oxygens (including phenoxy) is 3. The molecule has 0 spiro atoms. The lowest BCUT2D eigenvalue weighted by Crippen LogP contribution is -2.11. The van der Waals surface area contributed by atoms with Crippen molar-refractivity contribution in [3.8, 4) is 6.07 Å². The molecule has 168 valence electrons. The van der Waals surface area contributed by atoms with Crippen molar-refractivity contribution >= 4 is 11.9 Å². The van der Waals surface area contributed by atoms with Gasteiger partial charge in [0.15, 0.2) is 0 Å². The number of nitrogens with zero attached hydrogens (tertiary/aromatic N) is 1. The topological polar surface area (TPSA) is 167 Å². The highest BCUT2D eigenvalue weighted by molar-refractivity contribution is 5.85. The van der Waals surface area contributed by atoms with Gasteiger partial charge in [0.2, 0.25) is 0 Å².